The predicted octanol–water partition coefficient (Wildman–Crippen LogP) is 6.34. The van der Waals surface area contributed by atoms with Crippen molar-refractivity contribution in [1.82, 2.24) is 14.9 Å². The van der Waals surface area contributed by atoms with E-state index >= 15 is 0 Å². The average molecular weight is 587 g/mol. The second kappa shape index (κ2) is 10.2. The number of benzene rings is 2. The topological polar surface area (TPSA) is 79.3 Å². The van der Waals surface area contributed by atoms with Crippen LogP contribution in [0.3, 0.4) is 0 Å². The van der Waals surface area contributed by atoms with E-state index in [2.05, 4.69) is 37.5 Å². The molecule has 3 heterocycles. The van der Waals surface area contributed by atoms with Crippen molar-refractivity contribution in [3.05, 3.63) is 106 Å². The molecule has 11 heteroatoms. The molecule has 2 aromatic heterocycles. The number of anilines is 2. The third-order valence-corrected chi connectivity index (χ3v) is 7.95. The first kappa shape index (κ1) is 26.5. The van der Waals surface area contributed by atoms with E-state index in [4.69, 9.17) is 35.4 Å². The van der Waals surface area contributed by atoms with E-state index in [-0.39, 0.29) is 12.1 Å². The Labute approximate surface area is 237 Å². The Kier molecular flexibility index (Phi) is 7.13. The normalized spacial score (nSPS) is 17.5. The molecule has 38 heavy (non-hydrogen) atoms. The lowest BCUT2D eigenvalue weighted by atomic mass is 9.96. The smallest absolute Gasteiger partial charge is 0.229 e. The Morgan fingerprint density at radius 1 is 1.03 bits per heavy atom. The van der Waals surface area contributed by atoms with Crippen LogP contribution >= 0.6 is 35.4 Å². The van der Waals surface area contributed by atoms with Gasteiger partial charge < -0.3 is 14.8 Å². The second-order valence-corrected chi connectivity index (χ2v) is 12.2. The van der Waals surface area contributed by atoms with Gasteiger partial charge in [0.05, 0.1) is 34.7 Å². The summed E-state index contributed by atoms with van der Waals surface area (Å²) in [5, 5.41) is 5.14. The number of hydrogen-bond donors (Lipinski definition) is 2. The fourth-order valence-corrected chi connectivity index (χ4v) is 6.38. The van der Waals surface area contributed by atoms with Crippen molar-refractivity contribution >= 4 is 61.9 Å². The highest BCUT2D eigenvalue weighted by Crippen LogP contribution is 2.44. The molecule has 2 atom stereocenters. The molecule has 7 nitrogen and oxygen atoms in total. The van der Waals surface area contributed by atoms with Gasteiger partial charge in [0.1, 0.15) is 0 Å². The van der Waals surface area contributed by atoms with Crippen LogP contribution < -0.4 is 14.9 Å². The fourth-order valence-electron chi connectivity index (χ4n) is 4.97. The molecule has 1 aliphatic rings. The zero-order valence-corrected chi connectivity index (χ0v) is 24.0. The molecule has 2 N–H and O–H groups in total. The first-order chi connectivity index (χ1) is 18.0. The van der Waals surface area contributed by atoms with E-state index in [0.717, 1.165) is 40.3 Å². The van der Waals surface area contributed by atoms with E-state index in [1.807, 2.05) is 49.4 Å². The zero-order valence-electron chi connectivity index (χ0n) is 20.8. The maximum Gasteiger partial charge on any atom is 0.229 e. The van der Waals surface area contributed by atoms with Crippen molar-refractivity contribution in [1.29, 1.82) is 0 Å². The zero-order chi connectivity index (χ0) is 27.2. The van der Waals surface area contributed by atoms with Gasteiger partial charge in [0, 0.05) is 34.0 Å². The van der Waals surface area contributed by atoms with Crippen LogP contribution in [-0.4, -0.2) is 29.3 Å². The van der Waals surface area contributed by atoms with Gasteiger partial charge >= 0.3 is 0 Å². The molecule has 1 saturated heterocycles. The van der Waals surface area contributed by atoms with Crippen molar-refractivity contribution < 1.29 is 8.42 Å². The van der Waals surface area contributed by atoms with Gasteiger partial charge in [-0.2, -0.15) is 0 Å². The SMILES string of the molecule is Cc1cc(C2C(c3ccccn3)NC(=S)N2c2ccc(NS(C)(=O)=O)cc2)c(C)n1-c1ccc(Cl)cc1Cl. The highest BCUT2D eigenvalue weighted by molar-refractivity contribution is 7.92. The fraction of sp³-hybridized carbons (Fsp3) is 0.185. The van der Waals surface area contributed by atoms with Gasteiger partial charge in [-0.05, 0) is 92.3 Å². The van der Waals surface area contributed by atoms with E-state index in [9.17, 15) is 8.42 Å². The highest BCUT2D eigenvalue weighted by Gasteiger charge is 2.42. The summed E-state index contributed by atoms with van der Waals surface area (Å²) in [5.74, 6) is 0. The molecule has 1 aliphatic heterocycles. The van der Waals surface area contributed by atoms with Crippen molar-refractivity contribution in [2.45, 2.75) is 25.9 Å². The van der Waals surface area contributed by atoms with Crippen LogP contribution in [0.5, 0.6) is 0 Å². The summed E-state index contributed by atoms with van der Waals surface area (Å²) in [7, 11) is -3.39. The van der Waals surface area contributed by atoms with Crippen LogP contribution in [0.15, 0.2) is 72.9 Å². The summed E-state index contributed by atoms with van der Waals surface area (Å²) < 4.78 is 28.0. The number of hydrogen-bond acceptors (Lipinski definition) is 4. The maximum atomic E-state index is 11.7. The van der Waals surface area contributed by atoms with Crippen molar-refractivity contribution in [2.24, 2.45) is 0 Å². The lowest BCUT2D eigenvalue weighted by Gasteiger charge is -2.28. The third kappa shape index (κ3) is 5.11. The highest BCUT2D eigenvalue weighted by atomic mass is 35.5. The lowest BCUT2D eigenvalue weighted by Crippen LogP contribution is -2.29. The molecular formula is C27H25Cl2N5O2S2. The molecule has 0 radical (unpaired) electrons. The average Bonchev–Trinajstić information content (AvgIpc) is 3.35. The van der Waals surface area contributed by atoms with Gasteiger partial charge in [0.2, 0.25) is 10.0 Å². The molecule has 0 amide bonds. The molecule has 1 fully saturated rings. The first-order valence-corrected chi connectivity index (χ1v) is 14.8. The minimum Gasteiger partial charge on any atom is -0.351 e. The predicted molar refractivity (Wildman–Crippen MR) is 158 cm³/mol. The summed E-state index contributed by atoms with van der Waals surface area (Å²) in [6, 6.07) is 20.1. The van der Waals surface area contributed by atoms with Gasteiger partial charge in [-0.1, -0.05) is 29.3 Å². The molecule has 0 bridgehead atoms. The summed E-state index contributed by atoms with van der Waals surface area (Å²) in [6.45, 7) is 4.09. The van der Waals surface area contributed by atoms with E-state index in [1.54, 1.807) is 24.4 Å². The Morgan fingerprint density at radius 2 is 1.76 bits per heavy atom. The Balaban J connectivity index is 1.64. The molecular weight excluding hydrogens is 561 g/mol. The number of thiocarbonyl (C=S) groups is 1. The minimum absolute atomic E-state index is 0.229. The number of nitrogens with zero attached hydrogens (tertiary/aromatic N) is 3. The summed E-state index contributed by atoms with van der Waals surface area (Å²) in [4.78, 5) is 6.68. The molecule has 4 aromatic rings. The van der Waals surface area contributed by atoms with Gasteiger partial charge in [0.15, 0.2) is 5.11 Å². The van der Waals surface area contributed by atoms with Gasteiger partial charge in [-0.25, -0.2) is 8.42 Å². The lowest BCUT2D eigenvalue weighted by molar-refractivity contribution is 0.565. The van der Waals surface area contributed by atoms with Crippen LogP contribution in [0.4, 0.5) is 11.4 Å². The number of aryl methyl sites for hydroxylation is 1. The molecule has 5 rings (SSSR count). The summed E-state index contributed by atoms with van der Waals surface area (Å²) in [6.07, 6.45) is 2.89. The quantitative estimate of drug-likeness (QED) is 0.257. The number of halogens is 2. The summed E-state index contributed by atoms with van der Waals surface area (Å²) in [5.41, 5.74) is 6.04. The van der Waals surface area contributed by atoms with E-state index < -0.39 is 10.0 Å². The third-order valence-electron chi connectivity index (χ3n) is 6.49. The first-order valence-electron chi connectivity index (χ1n) is 11.8. The Bertz CT molecular complexity index is 1620. The van der Waals surface area contributed by atoms with E-state index in [1.165, 1.54) is 0 Å². The number of rotatable bonds is 6. The Hall–Kier alpha value is -3.11. The standard InChI is InChI=1S/C27H25Cl2N5O2S2/c1-16-14-21(17(2)33(16)24-12-7-18(28)15-22(24)29)26-25(23-6-4-5-13-30-23)31-27(37)34(26)20-10-8-19(9-11-20)32-38(3,35)36/h4-15,25-26,32H,1-3H3,(H,31,37). The summed E-state index contributed by atoms with van der Waals surface area (Å²) >= 11 is 18.6. The Morgan fingerprint density at radius 3 is 2.39 bits per heavy atom. The van der Waals surface area contributed by atoms with E-state index in [0.29, 0.717) is 20.8 Å². The number of sulfonamides is 1. The van der Waals surface area contributed by atoms with Crippen LogP contribution in [0, 0.1) is 13.8 Å². The molecule has 0 spiro atoms. The van der Waals surface area contributed by atoms with Crippen LogP contribution in [0.2, 0.25) is 10.0 Å². The van der Waals surface area contributed by atoms with Crippen molar-refractivity contribution in [3.63, 3.8) is 0 Å². The molecule has 196 valence electrons. The van der Waals surface area contributed by atoms with Crippen LogP contribution in [0.1, 0.15) is 34.7 Å². The minimum atomic E-state index is -3.39. The molecule has 2 aromatic carbocycles. The van der Waals surface area contributed by atoms with Gasteiger partial charge in [-0.3, -0.25) is 9.71 Å². The maximum absolute atomic E-state index is 11.7. The number of aromatic nitrogens is 2. The largest absolute Gasteiger partial charge is 0.351 e. The van der Waals surface area contributed by atoms with Crippen LogP contribution in [-0.2, 0) is 10.0 Å². The number of pyridine rings is 1. The monoisotopic (exact) mass is 585 g/mol. The van der Waals surface area contributed by atoms with Crippen molar-refractivity contribution in [3.8, 4) is 5.69 Å². The van der Waals surface area contributed by atoms with Crippen LogP contribution in [0.25, 0.3) is 5.69 Å². The van der Waals surface area contributed by atoms with Crippen molar-refractivity contribution in [2.75, 3.05) is 15.9 Å². The molecule has 0 saturated carbocycles. The van der Waals surface area contributed by atoms with Gasteiger partial charge in [-0.15, -0.1) is 0 Å². The van der Waals surface area contributed by atoms with Gasteiger partial charge in [0.25, 0.3) is 0 Å². The molecule has 0 aliphatic carbocycles. The molecule has 2 unspecified atom stereocenters. The number of nitrogens with one attached hydrogen (secondary N) is 2. The second-order valence-electron chi connectivity index (χ2n) is 9.18.